The van der Waals surface area contributed by atoms with Crippen LogP contribution >= 0.6 is 39.7 Å². The molecule has 0 aliphatic heterocycles. The molecule has 29 heavy (non-hydrogen) atoms. The summed E-state index contributed by atoms with van der Waals surface area (Å²) in [5.41, 5.74) is 8.68. The highest BCUT2D eigenvalue weighted by atomic mass is 79.9. The van der Waals surface area contributed by atoms with Gasteiger partial charge in [-0.1, -0.05) is 36.0 Å². The molecule has 0 fully saturated rings. The summed E-state index contributed by atoms with van der Waals surface area (Å²) < 4.78 is 15.6. The van der Waals surface area contributed by atoms with E-state index in [0.29, 0.717) is 28.3 Å². The summed E-state index contributed by atoms with van der Waals surface area (Å²) in [6, 6.07) is 5.80. The highest BCUT2D eigenvalue weighted by Crippen LogP contribution is 2.35. The quantitative estimate of drug-likeness (QED) is 0.598. The number of rotatable bonds is 6. The number of hydrogen-bond acceptors (Lipinski definition) is 4. The van der Waals surface area contributed by atoms with Crippen LogP contribution in [0.15, 0.2) is 51.6 Å². The molecule has 1 aliphatic rings. The highest BCUT2D eigenvalue weighted by molar-refractivity contribution is 9.10. The van der Waals surface area contributed by atoms with Crippen molar-refractivity contribution in [1.29, 1.82) is 0 Å². The molecule has 0 saturated carbocycles. The molecule has 1 atom stereocenters. The maximum absolute atomic E-state index is 13.1. The van der Waals surface area contributed by atoms with Crippen molar-refractivity contribution in [2.75, 3.05) is 6.54 Å². The summed E-state index contributed by atoms with van der Waals surface area (Å²) in [5, 5.41) is 7.54. The molecule has 0 saturated heterocycles. The number of benzene rings is 1. The van der Waals surface area contributed by atoms with E-state index in [0.717, 1.165) is 21.3 Å². The second-order valence-electron chi connectivity index (χ2n) is 6.69. The number of carbonyl (C=O) groups is 1. The Labute approximate surface area is 186 Å². The van der Waals surface area contributed by atoms with E-state index in [1.165, 1.54) is 12.1 Å². The summed E-state index contributed by atoms with van der Waals surface area (Å²) in [7, 11) is 1.81. The number of nitrogens with one attached hydrogen (secondary N) is 1. The predicted molar refractivity (Wildman–Crippen MR) is 120 cm³/mol. The second-order valence-corrected chi connectivity index (χ2v) is 8.44. The zero-order chi connectivity index (χ0) is 21.1. The van der Waals surface area contributed by atoms with Crippen molar-refractivity contribution in [2.45, 2.75) is 18.9 Å². The van der Waals surface area contributed by atoms with Crippen molar-refractivity contribution >= 4 is 56.1 Å². The molecule has 0 spiro atoms. The molecular weight excluding hydrogens is 479 g/mol. The zero-order valence-electron chi connectivity index (χ0n) is 15.6. The van der Waals surface area contributed by atoms with Gasteiger partial charge in [-0.05, 0) is 46.1 Å². The number of amides is 1. The third-order valence-electron chi connectivity index (χ3n) is 4.64. The van der Waals surface area contributed by atoms with Crippen LogP contribution < -0.4 is 11.1 Å². The van der Waals surface area contributed by atoms with E-state index in [1.54, 1.807) is 29.1 Å². The van der Waals surface area contributed by atoms with Gasteiger partial charge in [-0.3, -0.25) is 9.48 Å². The number of thiocarbonyl (C=S) groups is 1. The smallest absolute Gasteiger partial charge is 0.252 e. The number of carbonyl (C=O) groups excluding carboxylic acids is 1. The van der Waals surface area contributed by atoms with Gasteiger partial charge in [0.1, 0.15) is 5.82 Å². The van der Waals surface area contributed by atoms with E-state index in [4.69, 9.17) is 29.6 Å². The van der Waals surface area contributed by atoms with Crippen molar-refractivity contribution in [2.24, 2.45) is 12.8 Å². The van der Waals surface area contributed by atoms with Crippen LogP contribution in [0.2, 0.25) is 0 Å². The molecule has 1 heterocycles. The Morgan fingerprint density at radius 3 is 2.72 bits per heavy atom. The minimum absolute atomic E-state index is 0.236. The van der Waals surface area contributed by atoms with Gasteiger partial charge < -0.3 is 11.1 Å². The van der Waals surface area contributed by atoms with Crippen molar-refractivity contribution in [3.63, 3.8) is 0 Å². The minimum Gasteiger partial charge on any atom is -0.348 e. The van der Waals surface area contributed by atoms with Gasteiger partial charge in [-0.15, -0.1) is 0 Å². The Hall–Kier alpha value is -1.87. The molecule has 0 radical (unpaired) electrons. The summed E-state index contributed by atoms with van der Waals surface area (Å²) in [6.45, 7) is 0.236. The Morgan fingerprint density at radius 2 is 2.14 bits per heavy atom. The summed E-state index contributed by atoms with van der Waals surface area (Å²) in [5.74, 6) is -0.633. The lowest BCUT2D eigenvalue weighted by molar-refractivity contribution is -0.117. The lowest BCUT2D eigenvalue weighted by atomic mass is 9.94. The lowest BCUT2D eigenvalue weighted by Gasteiger charge is -2.22. The van der Waals surface area contributed by atoms with Crippen molar-refractivity contribution in [1.82, 2.24) is 15.1 Å². The molecule has 1 aromatic heterocycles. The second kappa shape index (κ2) is 9.30. The molecule has 5 nitrogen and oxygen atoms in total. The number of allylic oxidation sites excluding steroid dienone is 3. The molecule has 0 unspecified atom stereocenters. The Kier molecular flexibility index (Phi) is 7.00. The third kappa shape index (κ3) is 5.01. The van der Waals surface area contributed by atoms with Gasteiger partial charge in [0.25, 0.3) is 5.91 Å². The van der Waals surface area contributed by atoms with Gasteiger partial charge in [0.15, 0.2) is 0 Å². The molecule has 3 rings (SSSR count). The first-order chi connectivity index (χ1) is 13.8. The number of hydrogen-bond donors (Lipinski definition) is 2. The first-order valence-electron chi connectivity index (χ1n) is 8.87. The number of nitrogens with zero attached hydrogens (tertiary/aromatic N) is 2. The van der Waals surface area contributed by atoms with Crippen LogP contribution in [0.25, 0.3) is 5.57 Å². The molecule has 2 aromatic rings. The summed E-state index contributed by atoms with van der Waals surface area (Å²) in [4.78, 5) is 13.3. The Morgan fingerprint density at radius 1 is 1.45 bits per heavy atom. The third-order valence-corrected chi connectivity index (χ3v) is 5.92. The average Bonchev–Trinajstić information content (AvgIpc) is 3.02. The van der Waals surface area contributed by atoms with E-state index < -0.39 is 0 Å². The van der Waals surface area contributed by atoms with E-state index in [9.17, 15) is 9.18 Å². The average molecular weight is 498 g/mol. The summed E-state index contributed by atoms with van der Waals surface area (Å²) in [6.07, 6.45) is 4.11. The van der Waals surface area contributed by atoms with Crippen LogP contribution in [0.4, 0.5) is 4.39 Å². The molecule has 1 amide bonds. The van der Waals surface area contributed by atoms with E-state index in [-0.39, 0.29) is 24.3 Å². The van der Waals surface area contributed by atoms with Gasteiger partial charge in [-0.2, -0.15) is 5.10 Å². The molecule has 0 bridgehead atoms. The Balaban J connectivity index is 1.78. The number of halogens is 3. The fourth-order valence-corrected chi connectivity index (χ4v) is 4.28. The van der Waals surface area contributed by atoms with Crippen molar-refractivity contribution in [3.05, 3.63) is 68.7 Å². The topological polar surface area (TPSA) is 72.9 Å². The van der Waals surface area contributed by atoms with Crippen LogP contribution in [0.3, 0.4) is 0 Å². The molecule has 3 N–H and O–H groups in total. The van der Waals surface area contributed by atoms with Gasteiger partial charge in [0.05, 0.1) is 21.9 Å². The fraction of sp³-hybridized carbons (Fsp3) is 0.250. The van der Waals surface area contributed by atoms with Crippen LogP contribution in [0.1, 0.15) is 17.7 Å². The van der Waals surface area contributed by atoms with Gasteiger partial charge >= 0.3 is 0 Å². The van der Waals surface area contributed by atoms with Crippen LogP contribution in [-0.2, 0) is 18.3 Å². The molecule has 152 valence electrons. The standard InChI is InChI=1S/C20H19BrClFN4OS/c1-27-19(16(21)10-25-27)14-8-18(29)15(7-17(14)22)20(28)26-13(9-24)6-11-2-4-12(23)5-3-11/h2-5,7,10,13H,6,8-9,24H2,1H3,(H,26,28)/t13-/m0/s1. The normalized spacial score (nSPS) is 15.3. The first-order valence-corrected chi connectivity index (χ1v) is 10.4. The largest absolute Gasteiger partial charge is 0.348 e. The van der Waals surface area contributed by atoms with Gasteiger partial charge in [-0.25, -0.2) is 4.39 Å². The molecule has 1 aliphatic carbocycles. The van der Waals surface area contributed by atoms with Crippen LogP contribution in [0, 0.1) is 5.82 Å². The summed E-state index contributed by atoms with van der Waals surface area (Å²) >= 11 is 15.4. The number of nitrogens with two attached hydrogens (primary N) is 1. The number of aryl methyl sites for hydroxylation is 1. The zero-order valence-corrected chi connectivity index (χ0v) is 18.7. The van der Waals surface area contributed by atoms with Crippen LogP contribution in [-0.4, -0.2) is 33.1 Å². The predicted octanol–water partition coefficient (Wildman–Crippen LogP) is 3.66. The van der Waals surface area contributed by atoms with Gasteiger partial charge in [0, 0.05) is 41.5 Å². The van der Waals surface area contributed by atoms with Crippen LogP contribution in [0.5, 0.6) is 0 Å². The minimum atomic E-state index is -0.325. The van der Waals surface area contributed by atoms with Crippen molar-refractivity contribution < 1.29 is 9.18 Å². The first kappa shape index (κ1) is 21.8. The SMILES string of the molecule is Cn1ncc(Br)c1C1=C(Cl)C=C(C(=O)N[C@H](CN)Cc2ccc(F)cc2)C(=S)C1. The van der Waals surface area contributed by atoms with Gasteiger partial charge in [0.2, 0.25) is 0 Å². The van der Waals surface area contributed by atoms with E-state index >= 15 is 0 Å². The lowest BCUT2D eigenvalue weighted by Crippen LogP contribution is -2.43. The van der Waals surface area contributed by atoms with Crippen molar-refractivity contribution in [3.8, 4) is 0 Å². The fourth-order valence-electron chi connectivity index (χ4n) is 3.14. The molecule has 1 aromatic carbocycles. The monoisotopic (exact) mass is 496 g/mol. The number of aromatic nitrogens is 2. The Bertz CT molecular complexity index is 996. The molecular formula is C20H19BrClFN4OS. The maximum atomic E-state index is 13.1. The van der Waals surface area contributed by atoms with E-state index in [1.807, 2.05) is 7.05 Å². The maximum Gasteiger partial charge on any atom is 0.252 e. The molecule has 9 heteroatoms. The van der Waals surface area contributed by atoms with E-state index in [2.05, 4.69) is 26.3 Å². The highest BCUT2D eigenvalue weighted by Gasteiger charge is 2.26.